The minimum atomic E-state index is -1.11. The number of aliphatic hydroxyl groups is 1. The number of fused-ring (bicyclic) bond motifs is 1. The van der Waals surface area contributed by atoms with E-state index in [-0.39, 0.29) is 5.78 Å². The summed E-state index contributed by atoms with van der Waals surface area (Å²) in [5.41, 5.74) is 3.84. The van der Waals surface area contributed by atoms with Gasteiger partial charge in [-0.2, -0.15) is 5.10 Å². The van der Waals surface area contributed by atoms with Gasteiger partial charge in [0.05, 0.1) is 17.3 Å². The summed E-state index contributed by atoms with van der Waals surface area (Å²) in [6.45, 7) is 10.6. The number of carbonyl (C=O) groups excluding carboxylic acids is 1. The lowest BCUT2D eigenvalue weighted by Gasteiger charge is -2.31. The third kappa shape index (κ3) is 9.37. The fourth-order valence-corrected chi connectivity index (χ4v) is 6.53. The van der Waals surface area contributed by atoms with Crippen molar-refractivity contribution in [1.29, 1.82) is 0 Å². The molecule has 5 rings (SSSR count). The van der Waals surface area contributed by atoms with Crippen LogP contribution in [0.4, 0.5) is 5.82 Å². The first kappa shape index (κ1) is 32.6. The highest BCUT2D eigenvalue weighted by Gasteiger charge is 2.23. The monoisotopic (exact) mass is 639 g/mol. The second kappa shape index (κ2) is 15.0. The first-order valence-corrected chi connectivity index (χ1v) is 19.9. The maximum atomic E-state index is 12.8. The van der Waals surface area contributed by atoms with E-state index in [4.69, 9.17) is 21.1 Å². The number of hydrogen-bond acceptors (Lipinski definition) is 8. The number of aromatic nitrogens is 3. The number of halogens is 1. The van der Waals surface area contributed by atoms with Crippen LogP contribution in [0.3, 0.4) is 0 Å². The predicted molar refractivity (Wildman–Crippen MR) is 176 cm³/mol. The van der Waals surface area contributed by atoms with Gasteiger partial charge in [-0.15, -0.1) is 0 Å². The highest BCUT2D eigenvalue weighted by atomic mass is 35.5. The van der Waals surface area contributed by atoms with Gasteiger partial charge < -0.3 is 19.9 Å². The van der Waals surface area contributed by atoms with E-state index in [9.17, 15) is 9.90 Å². The van der Waals surface area contributed by atoms with Crippen molar-refractivity contribution in [3.8, 4) is 5.75 Å². The molecule has 0 saturated heterocycles. The molecule has 9 nitrogen and oxygen atoms in total. The Morgan fingerprint density at radius 3 is 2.86 bits per heavy atom. The highest BCUT2D eigenvalue weighted by molar-refractivity contribution is 6.76. The molecular weight excluding hydrogens is 594 g/mol. The summed E-state index contributed by atoms with van der Waals surface area (Å²) in [5, 5.41) is 19.2. The minimum Gasteiger partial charge on any atom is -0.487 e. The third-order valence-electron chi connectivity index (χ3n) is 8.39. The molecular formula is C33H46ClN5O4Si. The first-order chi connectivity index (χ1) is 21.1. The highest BCUT2D eigenvalue weighted by Crippen LogP contribution is 2.34. The van der Waals surface area contributed by atoms with Gasteiger partial charge in [-0.3, -0.25) is 9.69 Å². The van der Waals surface area contributed by atoms with Crippen molar-refractivity contribution in [2.24, 2.45) is 0 Å². The van der Waals surface area contributed by atoms with Crippen molar-refractivity contribution in [2.45, 2.75) is 96.2 Å². The van der Waals surface area contributed by atoms with Gasteiger partial charge in [0.15, 0.2) is 5.78 Å². The van der Waals surface area contributed by atoms with Crippen molar-refractivity contribution >= 4 is 31.3 Å². The summed E-state index contributed by atoms with van der Waals surface area (Å²) in [6.07, 6.45) is 9.87. The number of ether oxygens (including phenoxy) is 2. The van der Waals surface area contributed by atoms with Crippen molar-refractivity contribution in [3.05, 3.63) is 70.1 Å². The molecule has 1 aromatic carbocycles. The second-order valence-corrected chi connectivity index (χ2v) is 19.3. The molecule has 238 valence electrons. The van der Waals surface area contributed by atoms with E-state index in [0.29, 0.717) is 61.6 Å². The Morgan fingerprint density at radius 1 is 1.25 bits per heavy atom. The Bertz CT molecular complexity index is 1410. The fourth-order valence-electron chi connectivity index (χ4n) is 5.44. The van der Waals surface area contributed by atoms with Gasteiger partial charge in [0.2, 0.25) is 0 Å². The quantitative estimate of drug-likeness (QED) is 0.109. The molecule has 11 heteroatoms. The topological polar surface area (TPSA) is 102 Å². The van der Waals surface area contributed by atoms with E-state index in [1.807, 2.05) is 18.3 Å². The molecule has 1 atom stereocenters. The number of anilines is 1. The summed E-state index contributed by atoms with van der Waals surface area (Å²) in [6, 6.07) is 9.16. The Kier molecular flexibility index (Phi) is 11.1. The lowest BCUT2D eigenvalue weighted by molar-refractivity contribution is 0.0784. The Balaban J connectivity index is 1.05. The van der Waals surface area contributed by atoms with Gasteiger partial charge in [-0.05, 0) is 67.5 Å². The molecule has 1 aliphatic carbocycles. The Hall–Kier alpha value is -2.76. The maximum Gasteiger partial charge on any atom is 0.163 e. The van der Waals surface area contributed by atoms with Gasteiger partial charge in [0.1, 0.15) is 24.9 Å². The number of pyridine rings is 1. The molecule has 3 heterocycles. The number of ketones is 1. The molecule has 2 aliphatic rings. The number of Topliss-reactive ketones (excluding diaryl/α,β-unsaturated/α-hetero) is 1. The molecule has 0 unspecified atom stereocenters. The van der Waals surface area contributed by atoms with Crippen LogP contribution in [-0.4, -0.2) is 70.5 Å². The molecule has 2 N–H and O–H groups in total. The van der Waals surface area contributed by atoms with Crippen LogP contribution in [0, 0.1) is 0 Å². The van der Waals surface area contributed by atoms with Crippen LogP contribution in [0.15, 0.2) is 42.9 Å². The van der Waals surface area contributed by atoms with Crippen LogP contribution in [-0.2, 0) is 31.0 Å². The van der Waals surface area contributed by atoms with Gasteiger partial charge in [-0.1, -0.05) is 37.3 Å². The Morgan fingerprint density at radius 2 is 2.09 bits per heavy atom. The van der Waals surface area contributed by atoms with E-state index in [0.717, 1.165) is 61.0 Å². The predicted octanol–water partition coefficient (Wildman–Crippen LogP) is 6.17. The smallest absolute Gasteiger partial charge is 0.163 e. The van der Waals surface area contributed by atoms with Crippen LogP contribution in [0.5, 0.6) is 5.75 Å². The van der Waals surface area contributed by atoms with E-state index in [1.165, 1.54) is 6.42 Å². The summed E-state index contributed by atoms with van der Waals surface area (Å²) in [5.74, 6) is 1.45. The van der Waals surface area contributed by atoms with Gasteiger partial charge >= 0.3 is 0 Å². The van der Waals surface area contributed by atoms with E-state index < -0.39 is 14.2 Å². The Labute approximate surface area is 266 Å². The molecule has 2 aromatic heterocycles. The third-order valence-corrected chi connectivity index (χ3v) is 10.5. The normalized spacial score (nSPS) is 16.3. The van der Waals surface area contributed by atoms with E-state index >= 15 is 0 Å². The van der Waals surface area contributed by atoms with E-state index in [1.54, 1.807) is 23.1 Å². The molecule has 0 spiro atoms. The summed E-state index contributed by atoms with van der Waals surface area (Å²) < 4.78 is 13.6. The number of nitrogens with one attached hydrogen (secondary N) is 1. The van der Waals surface area contributed by atoms with Crippen molar-refractivity contribution in [1.82, 2.24) is 19.7 Å². The molecule has 1 saturated carbocycles. The van der Waals surface area contributed by atoms with E-state index in [2.05, 4.69) is 46.0 Å². The summed E-state index contributed by atoms with van der Waals surface area (Å²) in [7, 11) is -1.11. The number of rotatable bonds is 16. The first-order valence-electron chi connectivity index (χ1n) is 15.8. The molecule has 1 fully saturated rings. The van der Waals surface area contributed by atoms with Crippen LogP contribution in [0.2, 0.25) is 30.7 Å². The minimum absolute atomic E-state index is 0.0320. The van der Waals surface area contributed by atoms with Crippen molar-refractivity contribution < 1.29 is 19.4 Å². The lowest BCUT2D eigenvalue weighted by atomic mass is 9.93. The van der Waals surface area contributed by atoms with Crippen LogP contribution < -0.4 is 10.1 Å². The zero-order chi connectivity index (χ0) is 31.1. The number of β-amino-alcohol motifs (C(OH)–C–C–N with tert-alkyl or cyclic N) is 1. The van der Waals surface area contributed by atoms with Gasteiger partial charge in [0, 0.05) is 70.3 Å². The summed E-state index contributed by atoms with van der Waals surface area (Å²) in [4.78, 5) is 19.4. The number of hydrogen-bond donors (Lipinski definition) is 2. The molecule has 1 aliphatic heterocycles. The molecule has 44 heavy (non-hydrogen) atoms. The maximum absolute atomic E-state index is 12.8. The number of benzene rings is 1. The molecule has 0 bridgehead atoms. The van der Waals surface area contributed by atoms with Crippen LogP contribution in [0.1, 0.15) is 59.2 Å². The summed E-state index contributed by atoms with van der Waals surface area (Å²) >= 11 is 6.79. The largest absolute Gasteiger partial charge is 0.487 e. The van der Waals surface area contributed by atoms with Crippen LogP contribution in [0.25, 0.3) is 0 Å². The van der Waals surface area contributed by atoms with Crippen LogP contribution >= 0.6 is 11.6 Å². The standard InChI is InChI=1S/C33H46ClN5O4Si/c1-44(2,3)16-15-42-23-39-19-24(18-36-39)22-43-31-10-7-26-20-38(14-12-29(26)33(31)34)21-28(40)8-9-30(41)25-11-13-35-32(17-25)37-27-5-4-6-27/h7,10-11,13,17-19,27-28,40H,4-6,8-9,12,14-16,20-23H2,1-3H3,(H,35,37)/t28-/m0/s1. The SMILES string of the molecule is C[Si](C)(C)CCOCn1cc(COc2ccc3c(c2Cl)CCN(C[C@@H](O)CCC(=O)c2ccnc(NC4CCC4)c2)C3)cn1. The zero-order valence-electron chi connectivity index (χ0n) is 26.2. The van der Waals surface area contributed by atoms with Gasteiger partial charge in [-0.25, -0.2) is 9.67 Å². The second-order valence-electron chi connectivity index (χ2n) is 13.3. The number of carbonyl (C=O) groups is 1. The number of aliphatic hydroxyl groups excluding tert-OH is 1. The number of nitrogens with zero attached hydrogens (tertiary/aromatic N) is 4. The fraction of sp³-hybridized carbons (Fsp3) is 0.545. The average molecular weight is 640 g/mol. The molecule has 0 amide bonds. The van der Waals surface area contributed by atoms with Crippen molar-refractivity contribution in [2.75, 3.05) is 25.0 Å². The average Bonchev–Trinajstić information content (AvgIpc) is 3.43. The molecule has 3 aromatic rings. The lowest BCUT2D eigenvalue weighted by Crippen LogP contribution is -2.37. The van der Waals surface area contributed by atoms with Gasteiger partial charge in [0.25, 0.3) is 0 Å². The zero-order valence-corrected chi connectivity index (χ0v) is 28.0. The van der Waals surface area contributed by atoms with Crippen molar-refractivity contribution in [3.63, 3.8) is 0 Å². The molecule has 0 radical (unpaired) electrons.